The van der Waals surface area contributed by atoms with Crippen molar-refractivity contribution >= 4 is 23.2 Å². The molecule has 0 aliphatic carbocycles. The van der Waals surface area contributed by atoms with Crippen LogP contribution in [0.2, 0.25) is 0 Å². The van der Waals surface area contributed by atoms with Gasteiger partial charge in [-0.1, -0.05) is 37.3 Å². The molecule has 3 aromatic rings. The third-order valence-electron chi connectivity index (χ3n) is 5.52. The summed E-state index contributed by atoms with van der Waals surface area (Å²) in [6.07, 6.45) is 3.09. The molecule has 0 radical (unpaired) electrons. The van der Waals surface area contributed by atoms with Crippen molar-refractivity contribution in [2.24, 2.45) is 5.92 Å². The lowest BCUT2D eigenvalue weighted by atomic mass is 9.93. The molecule has 0 spiro atoms. The van der Waals surface area contributed by atoms with Crippen molar-refractivity contribution in [1.82, 2.24) is 20.0 Å². The van der Waals surface area contributed by atoms with Gasteiger partial charge in [-0.25, -0.2) is 0 Å². The third kappa shape index (κ3) is 4.31. The summed E-state index contributed by atoms with van der Waals surface area (Å²) in [7, 11) is 0. The van der Waals surface area contributed by atoms with Gasteiger partial charge in [0.05, 0.1) is 5.92 Å². The normalized spacial score (nSPS) is 17.2. The first-order valence-corrected chi connectivity index (χ1v) is 11.2. The number of H-pyrrole nitrogens is 1. The van der Waals surface area contributed by atoms with Gasteiger partial charge in [0.2, 0.25) is 5.91 Å². The fourth-order valence-electron chi connectivity index (χ4n) is 4.05. The molecule has 30 heavy (non-hydrogen) atoms. The second-order valence-electron chi connectivity index (χ2n) is 7.58. The number of nitrogens with zero attached hydrogens (tertiary/aromatic N) is 3. The molecule has 3 heterocycles. The fraction of sp³-hybridized carbons (Fsp3) is 0.348. The highest BCUT2D eigenvalue weighted by Crippen LogP contribution is 2.30. The van der Waals surface area contributed by atoms with E-state index < -0.39 is 0 Å². The van der Waals surface area contributed by atoms with Crippen LogP contribution in [0.15, 0.2) is 54.0 Å². The summed E-state index contributed by atoms with van der Waals surface area (Å²) in [4.78, 5) is 31.2. The number of carbonyl (C=O) groups is 2. The van der Waals surface area contributed by atoms with Crippen molar-refractivity contribution < 1.29 is 9.59 Å². The SMILES string of the molecule is CCCN1CCN(C(=O)c2ccn[nH]2)C[C@H](Cc2ccccc2-c2cccs2)C1=O. The zero-order chi connectivity index (χ0) is 20.9. The molecule has 0 unspecified atom stereocenters. The van der Waals surface area contributed by atoms with Gasteiger partial charge < -0.3 is 9.80 Å². The first-order valence-electron chi connectivity index (χ1n) is 10.4. The van der Waals surface area contributed by atoms with E-state index in [0.29, 0.717) is 38.3 Å². The molecule has 156 valence electrons. The van der Waals surface area contributed by atoms with E-state index in [1.54, 1.807) is 28.5 Å². The smallest absolute Gasteiger partial charge is 0.271 e. The lowest BCUT2D eigenvalue weighted by molar-refractivity contribution is -0.134. The average molecular weight is 423 g/mol. The second-order valence-corrected chi connectivity index (χ2v) is 8.53. The number of hydrogen-bond donors (Lipinski definition) is 1. The Hall–Kier alpha value is -2.93. The molecule has 2 amide bonds. The molecule has 1 N–H and O–H groups in total. The summed E-state index contributed by atoms with van der Waals surface area (Å²) in [5.74, 6) is -0.236. The highest BCUT2D eigenvalue weighted by atomic mass is 32.1. The van der Waals surface area contributed by atoms with Gasteiger partial charge in [-0.15, -0.1) is 11.3 Å². The van der Waals surface area contributed by atoms with Crippen LogP contribution in [0.4, 0.5) is 0 Å². The van der Waals surface area contributed by atoms with Crippen LogP contribution in [0.3, 0.4) is 0 Å². The number of nitrogens with one attached hydrogen (secondary N) is 1. The van der Waals surface area contributed by atoms with E-state index in [2.05, 4.69) is 40.7 Å². The molecule has 1 aliphatic heterocycles. The van der Waals surface area contributed by atoms with Gasteiger partial charge in [-0.05, 0) is 41.5 Å². The number of hydrogen-bond acceptors (Lipinski definition) is 4. The van der Waals surface area contributed by atoms with Crippen molar-refractivity contribution in [3.8, 4) is 10.4 Å². The number of aromatic nitrogens is 2. The van der Waals surface area contributed by atoms with Crippen LogP contribution in [0.25, 0.3) is 10.4 Å². The Morgan fingerprint density at radius 2 is 2.07 bits per heavy atom. The third-order valence-corrected chi connectivity index (χ3v) is 6.43. The second kappa shape index (κ2) is 9.26. The van der Waals surface area contributed by atoms with Gasteiger partial charge in [0, 0.05) is 37.3 Å². The highest BCUT2D eigenvalue weighted by Gasteiger charge is 2.33. The fourth-order valence-corrected chi connectivity index (χ4v) is 4.84. The molecular formula is C23H26N4O2S. The molecule has 1 aliphatic rings. The van der Waals surface area contributed by atoms with Crippen molar-refractivity contribution in [3.05, 3.63) is 65.3 Å². The van der Waals surface area contributed by atoms with E-state index in [4.69, 9.17) is 0 Å². The van der Waals surface area contributed by atoms with Crippen LogP contribution in [0.5, 0.6) is 0 Å². The van der Waals surface area contributed by atoms with E-state index in [0.717, 1.165) is 17.5 Å². The Morgan fingerprint density at radius 3 is 2.80 bits per heavy atom. The van der Waals surface area contributed by atoms with E-state index in [-0.39, 0.29) is 17.7 Å². The Morgan fingerprint density at radius 1 is 1.20 bits per heavy atom. The van der Waals surface area contributed by atoms with Gasteiger partial charge in [-0.3, -0.25) is 14.7 Å². The predicted octanol–water partition coefficient (Wildman–Crippen LogP) is 3.69. The molecule has 1 aromatic carbocycles. The number of amides is 2. The zero-order valence-corrected chi connectivity index (χ0v) is 17.9. The van der Waals surface area contributed by atoms with E-state index >= 15 is 0 Å². The summed E-state index contributed by atoms with van der Waals surface area (Å²) in [5.41, 5.74) is 2.77. The van der Waals surface area contributed by atoms with Crippen LogP contribution >= 0.6 is 11.3 Å². The summed E-state index contributed by atoms with van der Waals surface area (Å²) < 4.78 is 0. The van der Waals surface area contributed by atoms with Crippen LogP contribution in [0, 0.1) is 5.92 Å². The minimum Gasteiger partial charge on any atom is -0.341 e. The van der Waals surface area contributed by atoms with Gasteiger partial charge in [0.25, 0.3) is 5.91 Å². The maximum Gasteiger partial charge on any atom is 0.271 e. The topological polar surface area (TPSA) is 69.3 Å². The molecule has 0 bridgehead atoms. The molecule has 1 fully saturated rings. The van der Waals surface area contributed by atoms with Crippen LogP contribution in [-0.2, 0) is 11.2 Å². The number of rotatable bonds is 6. The Labute approximate surface area is 180 Å². The van der Waals surface area contributed by atoms with Gasteiger partial charge in [0.15, 0.2) is 0 Å². The monoisotopic (exact) mass is 422 g/mol. The van der Waals surface area contributed by atoms with Crippen LogP contribution in [0.1, 0.15) is 29.4 Å². The number of benzene rings is 1. The summed E-state index contributed by atoms with van der Waals surface area (Å²) in [6, 6.07) is 14.1. The maximum atomic E-state index is 13.4. The first kappa shape index (κ1) is 20.3. The van der Waals surface area contributed by atoms with Crippen molar-refractivity contribution in [2.75, 3.05) is 26.2 Å². The summed E-state index contributed by atoms with van der Waals surface area (Å²) >= 11 is 1.70. The van der Waals surface area contributed by atoms with E-state index in [1.165, 1.54) is 4.88 Å². The molecule has 2 aromatic heterocycles. The van der Waals surface area contributed by atoms with Crippen LogP contribution in [-0.4, -0.2) is 58.0 Å². The van der Waals surface area contributed by atoms with E-state index in [1.807, 2.05) is 23.1 Å². The molecule has 4 rings (SSSR count). The van der Waals surface area contributed by atoms with Crippen molar-refractivity contribution in [2.45, 2.75) is 19.8 Å². The van der Waals surface area contributed by atoms with Gasteiger partial charge in [-0.2, -0.15) is 5.10 Å². The van der Waals surface area contributed by atoms with Gasteiger partial charge in [0.1, 0.15) is 5.69 Å². The Balaban J connectivity index is 1.62. The van der Waals surface area contributed by atoms with Gasteiger partial charge >= 0.3 is 0 Å². The van der Waals surface area contributed by atoms with Crippen molar-refractivity contribution in [3.63, 3.8) is 0 Å². The lowest BCUT2D eigenvalue weighted by Gasteiger charge is -2.24. The Bertz CT molecular complexity index is 985. The molecule has 1 atom stereocenters. The Kier molecular flexibility index (Phi) is 6.28. The largest absolute Gasteiger partial charge is 0.341 e. The summed E-state index contributed by atoms with van der Waals surface area (Å²) in [5, 5.41) is 8.72. The maximum absolute atomic E-state index is 13.4. The highest BCUT2D eigenvalue weighted by molar-refractivity contribution is 7.13. The number of thiophene rings is 1. The molecule has 6 nitrogen and oxygen atoms in total. The first-order chi connectivity index (χ1) is 14.7. The van der Waals surface area contributed by atoms with Crippen molar-refractivity contribution in [1.29, 1.82) is 0 Å². The number of carbonyl (C=O) groups excluding carboxylic acids is 2. The van der Waals surface area contributed by atoms with E-state index in [9.17, 15) is 9.59 Å². The quantitative estimate of drug-likeness (QED) is 0.659. The zero-order valence-electron chi connectivity index (χ0n) is 17.1. The molecule has 0 saturated carbocycles. The minimum absolute atomic E-state index is 0.102. The number of aromatic amines is 1. The minimum atomic E-state index is -0.271. The molecule has 1 saturated heterocycles. The van der Waals surface area contributed by atoms with Crippen LogP contribution < -0.4 is 0 Å². The lowest BCUT2D eigenvalue weighted by Crippen LogP contribution is -2.38. The predicted molar refractivity (Wildman–Crippen MR) is 118 cm³/mol. The summed E-state index contributed by atoms with van der Waals surface area (Å²) in [6.45, 7) is 4.30. The standard InChI is InChI=1S/C23H26N4O2S/c1-2-11-26-12-13-27(23(29)20-9-10-24-25-20)16-18(22(26)28)15-17-6-3-4-7-19(17)21-8-5-14-30-21/h3-10,14,18H,2,11-13,15-16H2,1H3,(H,24,25)/t18-/m0/s1. The average Bonchev–Trinajstić information content (AvgIpc) is 3.46. The molecular weight excluding hydrogens is 396 g/mol. The molecule has 7 heteroatoms.